The summed E-state index contributed by atoms with van der Waals surface area (Å²) in [6.45, 7) is 3.60. The smallest absolute Gasteiger partial charge is 0.320 e. The van der Waals surface area contributed by atoms with Crippen molar-refractivity contribution >= 4 is 22.3 Å². The molecule has 4 fully saturated rings. The zero-order valence-corrected chi connectivity index (χ0v) is 18.5. The first kappa shape index (κ1) is 20.9. The van der Waals surface area contributed by atoms with E-state index in [9.17, 15) is 18.4 Å². The quantitative estimate of drug-likeness (QED) is 0.647. The van der Waals surface area contributed by atoms with Crippen molar-refractivity contribution < 1.29 is 18.4 Å². The molecule has 0 saturated carbocycles. The minimum atomic E-state index is -3.52. The van der Waals surface area contributed by atoms with Crippen LogP contribution in [0.2, 0.25) is 0 Å². The van der Waals surface area contributed by atoms with Crippen LogP contribution in [0.25, 0.3) is 0 Å². The van der Waals surface area contributed by atoms with Gasteiger partial charge in [-0.15, -0.1) is 4.31 Å². The van der Waals surface area contributed by atoms with Crippen molar-refractivity contribution in [3.05, 3.63) is 30.3 Å². The lowest BCUT2D eigenvalue weighted by Gasteiger charge is -2.53. The Kier molecular flexibility index (Phi) is 5.52. The molecule has 4 atom stereocenters. The van der Waals surface area contributed by atoms with Gasteiger partial charge in [-0.25, -0.2) is 4.79 Å². The maximum atomic E-state index is 13.2. The number of sulfonamides is 1. The van der Waals surface area contributed by atoms with E-state index in [1.807, 2.05) is 4.90 Å². The number of urea groups is 1. The van der Waals surface area contributed by atoms with Crippen LogP contribution in [-0.4, -0.2) is 87.4 Å². The number of amides is 3. The van der Waals surface area contributed by atoms with Gasteiger partial charge in [-0.2, -0.15) is 0 Å². The van der Waals surface area contributed by atoms with Crippen LogP contribution in [0.5, 0.6) is 0 Å². The summed E-state index contributed by atoms with van der Waals surface area (Å²) in [5.41, 5.74) is 0. The number of likely N-dealkylation sites (tertiary alicyclic amines) is 1. The summed E-state index contributed by atoms with van der Waals surface area (Å²) in [6, 6.07) is 8.76. The predicted molar refractivity (Wildman–Crippen MR) is 115 cm³/mol. The van der Waals surface area contributed by atoms with Crippen LogP contribution in [-0.2, 0) is 19.4 Å². The number of hydrogen-bond acceptors (Lipinski definition) is 4. The van der Waals surface area contributed by atoms with Crippen LogP contribution in [0.15, 0.2) is 35.2 Å². The molecule has 1 aromatic rings. The molecule has 0 aliphatic carbocycles. The molecule has 0 radical (unpaired) electrons. The fraction of sp³-hybridized carbons (Fsp3) is 0.636. The Bertz CT molecular complexity index is 889. The van der Waals surface area contributed by atoms with Gasteiger partial charge >= 0.3 is 6.03 Å². The molecular formula is C22H30N4O4S. The highest BCUT2D eigenvalue weighted by Gasteiger charge is 2.45. The van der Waals surface area contributed by atoms with Gasteiger partial charge < -0.3 is 19.3 Å². The Balaban J connectivity index is 1.21. The number of benzene rings is 1. The molecule has 4 saturated heterocycles. The molecule has 3 amide bonds. The van der Waals surface area contributed by atoms with Crippen molar-refractivity contribution in [2.75, 3.05) is 45.8 Å². The average molecular weight is 447 g/mol. The highest BCUT2D eigenvalue weighted by atomic mass is 32.3. The molecule has 1 aromatic carbocycles. The fourth-order valence-corrected chi connectivity index (χ4v) is 7.27. The third-order valence-electron chi connectivity index (χ3n) is 7.34. The van der Waals surface area contributed by atoms with E-state index in [0.717, 1.165) is 25.8 Å². The van der Waals surface area contributed by atoms with E-state index in [1.165, 1.54) is 4.31 Å². The van der Waals surface area contributed by atoms with Crippen molar-refractivity contribution in [1.29, 1.82) is 0 Å². The van der Waals surface area contributed by atoms with Crippen molar-refractivity contribution in [3.8, 4) is 0 Å². The summed E-state index contributed by atoms with van der Waals surface area (Å²) < 4.78 is 27.2. The van der Waals surface area contributed by atoms with E-state index in [0.29, 0.717) is 62.4 Å². The maximum absolute atomic E-state index is 13.2. The molecule has 4 aliphatic heterocycles. The number of carbonyl (C=O) groups is 2. The molecule has 8 nitrogen and oxygen atoms in total. The Labute approximate surface area is 184 Å². The van der Waals surface area contributed by atoms with Crippen LogP contribution < -0.4 is 0 Å². The van der Waals surface area contributed by atoms with Gasteiger partial charge in [0, 0.05) is 45.2 Å². The average Bonchev–Trinajstić information content (AvgIpc) is 2.80. The van der Waals surface area contributed by atoms with Crippen LogP contribution in [0.1, 0.15) is 25.7 Å². The van der Waals surface area contributed by atoms with Crippen LogP contribution in [0, 0.1) is 11.8 Å². The SMILES string of the molecule is O=C(N1CCN([S+](=O)([O-])c2ccccc2)CC1)N1CC2CC(C1)[C@H]1CCCC(=O)N1C2. The zero-order chi connectivity index (χ0) is 21.6. The molecule has 5 rings (SSSR count). The Morgan fingerprint density at radius 1 is 1.00 bits per heavy atom. The number of piperidine rings is 3. The van der Waals surface area contributed by atoms with Crippen LogP contribution in [0.4, 0.5) is 4.79 Å². The summed E-state index contributed by atoms with van der Waals surface area (Å²) in [5.74, 6) is 0.989. The lowest BCUT2D eigenvalue weighted by Crippen LogP contribution is -2.63. The van der Waals surface area contributed by atoms with Gasteiger partial charge in [-0.05, 0) is 43.2 Å². The van der Waals surface area contributed by atoms with Gasteiger partial charge in [-0.1, -0.05) is 22.4 Å². The number of piperazine rings is 1. The summed E-state index contributed by atoms with van der Waals surface area (Å²) in [7, 11) is -3.52. The number of rotatable bonds is 2. The minimum absolute atomic E-state index is 0.0158. The van der Waals surface area contributed by atoms with E-state index in [1.54, 1.807) is 35.2 Å². The van der Waals surface area contributed by atoms with Crippen molar-refractivity contribution in [1.82, 2.24) is 19.0 Å². The van der Waals surface area contributed by atoms with Gasteiger partial charge in [0.25, 0.3) is 0 Å². The standard InChI is InChI=1S/C22H30N4O4S/c27-21-8-4-7-20-18-13-17(15-26(20)21)14-24(16-18)22(28)23-9-11-25(12-10-23)31(29,30)19-5-2-1-3-6-19/h1-3,5-6,17-18,20H,4,7-16H2/t17?,18?,20-/m1/s1. The number of nitrogens with zero attached hydrogens (tertiary/aromatic N) is 4. The van der Waals surface area contributed by atoms with Gasteiger partial charge in [0.2, 0.25) is 5.91 Å². The number of carbonyl (C=O) groups excluding carboxylic acids is 2. The first-order valence-corrected chi connectivity index (χ1v) is 12.8. The van der Waals surface area contributed by atoms with E-state index in [2.05, 4.69) is 4.90 Å². The third-order valence-corrected chi connectivity index (χ3v) is 9.25. The summed E-state index contributed by atoms with van der Waals surface area (Å²) in [5, 5.41) is 0. The van der Waals surface area contributed by atoms with Crippen molar-refractivity contribution in [2.24, 2.45) is 11.8 Å². The zero-order valence-electron chi connectivity index (χ0n) is 17.7. The molecule has 31 heavy (non-hydrogen) atoms. The highest BCUT2D eigenvalue weighted by molar-refractivity contribution is 7.95. The fourth-order valence-electron chi connectivity index (χ4n) is 5.83. The molecule has 4 aliphatic rings. The summed E-state index contributed by atoms with van der Waals surface area (Å²) in [4.78, 5) is 31.7. The third kappa shape index (κ3) is 3.87. The topological polar surface area (TPSA) is 87.2 Å². The lowest BCUT2D eigenvalue weighted by molar-refractivity contribution is -0.144. The summed E-state index contributed by atoms with van der Waals surface area (Å²) >= 11 is 0. The lowest BCUT2D eigenvalue weighted by atomic mass is 9.76. The van der Waals surface area contributed by atoms with E-state index >= 15 is 0 Å². The predicted octanol–water partition coefficient (Wildman–Crippen LogP) is 1.66. The van der Waals surface area contributed by atoms with Gasteiger partial charge in [0.1, 0.15) is 0 Å². The molecule has 0 N–H and O–H groups in total. The molecule has 0 spiro atoms. The second-order valence-corrected chi connectivity index (χ2v) is 11.2. The molecule has 168 valence electrons. The van der Waals surface area contributed by atoms with Crippen LogP contribution >= 0.6 is 0 Å². The first-order valence-electron chi connectivity index (χ1n) is 11.3. The number of hydrogen-bond donors (Lipinski definition) is 0. The summed E-state index contributed by atoms with van der Waals surface area (Å²) in [6.07, 6.45) is 3.75. The molecule has 9 heteroatoms. The van der Waals surface area contributed by atoms with Gasteiger partial charge in [0.15, 0.2) is 15.3 Å². The monoisotopic (exact) mass is 446 g/mol. The maximum Gasteiger partial charge on any atom is 0.320 e. The molecule has 4 heterocycles. The van der Waals surface area contributed by atoms with E-state index in [4.69, 9.17) is 0 Å². The Hall–Kier alpha value is -1.97. The van der Waals surface area contributed by atoms with Gasteiger partial charge in [-0.3, -0.25) is 4.79 Å². The Morgan fingerprint density at radius 3 is 2.48 bits per heavy atom. The second-order valence-electron chi connectivity index (χ2n) is 9.26. The largest absolute Gasteiger partial charge is 0.593 e. The normalized spacial score (nSPS) is 31.2. The highest BCUT2D eigenvalue weighted by Crippen LogP contribution is 2.38. The van der Waals surface area contributed by atoms with Crippen LogP contribution in [0.3, 0.4) is 0 Å². The first-order chi connectivity index (χ1) is 14.9. The molecular weight excluding hydrogens is 416 g/mol. The second kappa shape index (κ2) is 8.18. The van der Waals surface area contributed by atoms with Gasteiger partial charge in [0.05, 0.1) is 13.1 Å². The molecule has 0 aromatic heterocycles. The van der Waals surface area contributed by atoms with E-state index < -0.39 is 10.4 Å². The number of fused-ring (bicyclic) bond motifs is 4. The van der Waals surface area contributed by atoms with E-state index in [-0.39, 0.29) is 18.0 Å². The molecule has 2 bridgehead atoms. The minimum Gasteiger partial charge on any atom is -0.593 e. The Morgan fingerprint density at radius 2 is 1.74 bits per heavy atom. The van der Waals surface area contributed by atoms with Crippen molar-refractivity contribution in [2.45, 2.75) is 36.6 Å². The van der Waals surface area contributed by atoms with Crippen molar-refractivity contribution in [3.63, 3.8) is 0 Å². The molecule has 3 unspecified atom stereocenters.